The highest BCUT2D eigenvalue weighted by Gasteiger charge is 2.13. The Morgan fingerprint density at radius 1 is 1.07 bits per heavy atom. The van der Waals surface area contributed by atoms with Crippen LogP contribution >= 0.6 is 22.9 Å². The van der Waals surface area contributed by atoms with Gasteiger partial charge in [-0.05, 0) is 35.7 Å². The predicted molar refractivity (Wildman–Crippen MR) is 112 cm³/mol. The second kappa shape index (κ2) is 7.70. The molecule has 1 amide bonds. The van der Waals surface area contributed by atoms with Gasteiger partial charge in [-0.1, -0.05) is 48.0 Å². The van der Waals surface area contributed by atoms with Gasteiger partial charge in [-0.25, -0.2) is 10.4 Å². The summed E-state index contributed by atoms with van der Waals surface area (Å²) in [7, 11) is 0. The van der Waals surface area contributed by atoms with E-state index in [1.807, 2.05) is 53.9 Å². The lowest BCUT2D eigenvalue weighted by atomic mass is 10.0. The van der Waals surface area contributed by atoms with E-state index in [0.717, 1.165) is 21.3 Å². The molecule has 2 aromatic heterocycles. The largest absolute Gasteiger partial charge is 0.272 e. The van der Waals surface area contributed by atoms with Crippen molar-refractivity contribution >= 4 is 46.0 Å². The molecule has 4 nitrogen and oxygen atoms in total. The van der Waals surface area contributed by atoms with Crippen LogP contribution in [-0.4, -0.2) is 17.1 Å². The van der Waals surface area contributed by atoms with Crippen molar-refractivity contribution in [2.45, 2.75) is 0 Å². The van der Waals surface area contributed by atoms with Gasteiger partial charge in [0.15, 0.2) is 0 Å². The number of nitrogens with one attached hydrogen (secondary N) is 1. The number of carbonyl (C=O) groups excluding carboxylic acids is 1. The molecule has 0 aliphatic rings. The number of nitrogens with zero attached hydrogens (tertiary/aromatic N) is 2. The summed E-state index contributed by atoms with van der Waals surface area (Å²) < 4.78 is 0. The van der Waals surface area contributed by atoms with Gasteiger partial charge in [0.05, 0.1) is 23.0 Å². The van der Waals surface area contributed by atoms with E-state index in [2.05, 4.69) is 15.5 Å². The zero-order chi connectivity index (χ0) is 18.6. The summed E-state index contributed by atoms with van der Waals surface area (Å²) in [5, 5.41) is 7.45. The minimum Gasteiger partial charge on any atom is -0.267 e. The molecule has 2 aromatic carbocycles. The van der Waals surface area contributed by atoms with Crippen LogP contribution in [0, 0.1) is 0 Å². The average Bonchev–Trinajstić information content (AvgIpc) is 3.21. The van der Waals surface area contributed by atoms with E-state index in [9.17, 15) is 4.79 Å². The Morgan fingerprint density at radius 2 is 1.89 bits per heavy atom. The molecule has 0 unspecified atom stereocenters. The molecule has 0 aliphatic carbocycles. The number of benzene rings is 2. The van der Waals surface area contributed by atoms with Crippen molar-refractivity contribution in [1.29, 1.82) is 0 Å². The Morgan fingerprint density at radius 3 is 2.67 bits per heavy atom. The molecule has 4 aromatic rings. The van der Waals surface area contributed by atoms with Crippen molar-refractivity contribution in [3.8, 4) is 11.3 Å². The van der Waals surface area contributed by atoms with E-state index < -0.39 is 0 Å². The molecule has 27 heavy (non-hydrogen) atoms. The Hall–Kier alpha value is -3.02. The summed E-state index contributed by atoms with van der Waals surface area (Å²) >= 11 is 7.53. The molecule has 0 atom stereocenters. The fraction of sp³-hybridized carbons (Fsp3) is 0. The molecule has 1 N–H and O–H groups in total. The minimum absolute atomic E-state index is 0.281. The van der Waals surface area contributed by atoms with Crippen LogP contribution in [0.4, 0.5) is 0 Å². The molecule has 6 heteroatoms. The number of hydrazone groups is 1. The van der Waals surface area contributed by atoms with E-state index in [0.29, 0.717) is 16.3 Å². The van der Waals surface area contributed by atoms with Gasteiger partial charge in [-0.15, -0.1) is 11.3 Å². The lowest BCUT2D eigenvalue weighted by Crippen LogP contribution is -2.18. The number of para-hydroxylation sites is 1. The Labute approximate surface area is 165 Å². The first-order chi connectivity index (χ1) is 13.2. The number of hydrogen-bond acceptors (Lipinski definition) is 4. The fourth-order valence-electron chi connectivity index (χ4n) is 2.71. The normalized spacial score (nSPS) is 11.1. The number of hydrogen-bond donors (Lipinski definition) is 1. The second-order valence-corrected chi connectivity index (χ2v) is 7.21. The number of halogens is 1. The molecule has 0 radical (unpaired) electrons. The molecule has 0 bridgehead atoms. The van der Waals surface area contributed by atoms with Crippen LogP contribution in [0.15, 0.2) is 77.2 Å². The molecular weight excluding hydrogens is 378 g/mol. The standard InChI is InChI=1S/C21H14ClN3OS/c22-15-9-7-14(8-10-15)20-12-18(17-5-1-2-6-19(17)24-20)21(26)25-23-13-16-4-3-11-27-16/h1-13H,(H,25,26)/b23-13+. The van der Waals surface area contributed by atoms with Gasteiger partial charge < -0.3 is 0 Å². The van der Waals surface area contributed by atoms with Gasteiger partial charge in [-0.3, -0.25) is 4.79 Å². The van der Waals surface area contributed by atoms with Gasteiger partial charge in [0, 0.05) is 20.8 Å². The third kappa shape index (κ3) is 3.89. The average molecular weight is 392 g/mol. The van der Waals surface area contributed by atoms with Crippen molar-refractivity contribution in [2.75, 3.05) is 0 Å². The fourth-order valence-corrected chi connectivity index (χ4v) is 3.42. The van der Waals surface area contributed by atoms with E-state index in [1.54, 1.807) is 35.8 Å². The van der Waals surface area contributed by atoms with Crippen LogP contribution in [-0.2, 0) is 0 Å². The summed E-state index contributed by atoms with van der Waals surface area (Å²) in [4.78, 5) is 18.4. The number of rotatable bonds is 4. The van der Waals surface area contributed by atoms with Gasteiger partial charge in [0.1, 0.15) is 0 Å². The number of carbonyl (C=O) groups is 1. The molecule has 2 heterocycles. The van der Waals surface area contributed by atoms with Gasteiger partial charge >= 0.3 is 0 Å². The zero-order valence-electron chi connectivity index (χ0n) is 14.1. The molecule has 0 aliphatic heterocycles. The van der Waals surface area contributed by atoms with Gasteiger partial charge in [0.2, 0.25) is 0 Å². The summed E-state index contributed by atoms with van der Waals surface area (Å²) in [5.74, 6) is -0.281. The van der Waals surface area contributed by atoms with Crippen LogP contribution < -0.4 is 5.43 Å². The number of thiophene rings is 1. The highest BCUT2D eigenvalue weighted by atomic mass is 35.5. The van der Waals surface area contributed by atoms with Crippen molar-refractivity contribution in [2.24, 2.45) is 5.10 Å². The third-order valence-corrected chi connectivity index (χ3v) is 5.06. The Balaban J connectivity index is 1.71. The van der Waals surface area contributed by atoms with Gasteiger partial charge in [-0.2, -0.15) is 5.10 Å². The zero-order valence-corrected chi connectivity index (χ0v) is 15.7. The molecule has 0 spiro atoms. The lowest BCUT2D eigenvalue weighted by Gasteiger charge is -2.09. The van der Waals surface area contributed by atoms with Crippen molar-refractivity contribution < 1.29 is 4.79 Å². The molecular formula is C21H14ClN3OS. The highest BCUT2D eigenvalue weighted by Crippen LogP contribution is 2.26. The number of aromatic nitrogens is 1. The number of fused-ring (bicyclic) bond motifs is 1. The second-order valence-electron chi connectivity index (χ2n) is 5.79. The first kappa shape index (κ1) is 17.4. The van der Waals surface area contributed by atoms with Crippen LogP contribution in [0.2, 0.25) is 5.02 Å². The van der Waals surface area contributed by atoms with Gasteiger partial charge in [0.25, 0.3) is 5.91 Å². The quantitative estimate of drug-likeness (QED) is 0.375. The minimum atomic E-state index is -0.281. The number of pyridine rings is 1. The lowest BCUT2D eigenvalue weighted by molar-refractivity contribution is 0.0957. The van der Waals surface area contributed by atoms with Crippen LogP contribution in [0.1, 0.15) is 15.2 Å². The van der Waals surface area contributed by atoms with Crippen molar-refractivity contribution in [3.63, 3.8) is 0 Å². The van der Waals surface area contributed by atoms with E-state index in [-0.39, 0.29) is 5.91 Å². The van der Waals surface area contributed by atoms with Crippen LogP contribution in [0.5, 0.6) is 0 Å². The monoisotopic (exact) mass is 391 g/mol. The Bertz CT molecular complexity index is 1120. The third-order valence-electron chi connectivity index (χ3n) is 4.00. The van der Waals surface area contributed by atoms with E-state index in [4.69, 9.17) is 11.6 Å². The maximum atomic E-state index is 12.8. The molecule has 0 saturated heterocycles. The smallest absolute Gasteiger partial charge is 0.267 e. The maximum Gasteiger partial charge on any atom is 0.272 e. The van der Waals surface area contributed by atoms with Crippen molar-refractivity contribution in [3.05, 3.63) is 87.6 Å². The van der Waals surface area contributed by atoms with Crippen molar-refractivity contribution in [1.82, 2.24) is 10.4 Å². The Kier molecular flexibility index (Phi) is 4.96. The number of amides is 1. The summed E-state index contributed by atoms with van der Waals surface area (Å²) in [6.07, 6.45) is 1.63. The predicted octanol–water partition coefficient (Wildman–Crippen LogP) is 5.38. The van der Waals surface area contributed by atoms with E-state index in [1.165, 1.54) is 0 Å². The summed E-state index contributed by atoms with van der Waals surface area (Å²) in [6.45, 7) is 0. The first-order valence-corrected chi connectivity index (χ1v) is 9.49. The molecule has 0 fully saturated rings. The molecule has 0 saturated carbocycles. The summed E-state index contributed by atoms with van der Waals surface area (Å²) in [6, 6.07) is 20.6. The molecule has 132 valence electrons. The van der Waals surface area contributed by atoms with Crippen LogP contribution in [0.3, 0.4) is 0 Å². The van der Waals surface area contributed by atoms with E-state index >= 15 is 0 Å². The highest BCUT2D eigenvalue weighted by molar-refractivity contribution is 7.11. The topological polar surface area (TPSA) is 54.4 Å². The SMILES string of the molecule is O=C(N/N=C/c1cccs1)c1cc(-c2ccc(Cl)cc2)nc2ccccc12. The first-order valence-electron chi connectivity index (χ1n) is 8.23. The summed E-state index contributed by atoms with van der Waals surface area (Å²) in [5.41, 5.74) is 5.47. The van der Waals surface area contributed by atoms with Crippen LogP contribution in [0.25, 0.3) is 22.2 Å². The molecule has 4 rings (SSSR count). The maximum absolute atomic E-state index is 12.8.